The van der Waals surface area contributed by atoms with E-state index < -0.39 is 0 Å². The Labute approximate surface area is 109 Å². The largest absolute Gasteiger partial charge is 0.338 e. The molecule has 2 unspecified atom stereocenters. The normalized spacial score (nSPS) is 29.2. The molecule has 2 aliphatic rings. The van der Waals surface area contributed by atoms with E-state index in [1.165, 1.54) is 44.7 Å². The van der Waals surface area contributed by atoms with E-state index in [2.05, 4.69) is 26.8 Å². The molecule has 1 aromatic rings. The Morgan fingerprint density at radius 1 is 1.44 bits per heavy atom. The van der Waals surface area contributed by atoms with Gasteiger partial charge in [-0.1, -0.05) is 0 Å². The summed E-state index contributed by atoms with van der Waals surface area (Å²) in [4.78, 5) is 7.03. The van der Waals surface area contributed by atoms with Gasteiger partial charge in [-0.3, -0.25) is 0 Å². The van der Waals surface area contributed by atoms with Gasteiger partial charge in [-0.2, -0.15) is 0 Å². The van der Waals surface area contributed by atoms with Crippen LogP contribution in [0.2, 0.25) is 0 Å². The summed E-state index contributed by atoms with van der Waals surface area (Å²) in [7, 11) is 2.08. The molecule has 18 heavy (non-hydrogen) atoms. The highest BCUT2D eigenvalue weighted by molar-refractivity contribution is 4.93. The minimum atomic E-state index is 0.795. The SMILES string of the molecule is Cn1ccnc1CCN1CCC2NCCCC2C1. The molecule has 0 spiro atoms. The molecule has 3 rings (SSSR count). The molecule has 0 amide bonds. The summed E-state index contributed by atoms with van der Waals surface area (Å²) in [6, 6.07) is 0.795. The number of fused-ring (bicyclic) bond motifs is 1. The van der Waals surface area contributed by atoms with Crippen molar-refractivity contribution in [3.8, 4) is 0 Å². The lowest BCUT2D eigenvalue weighted by molar-refractivity contribution is 0.115. The third-order valence-electron chi connectivity index (χ3n) is 4.55. The molecular formula is C14H24N4. The minimum Gasteiger partial charge on any atom is -0.338 e. The van der Waals surface area contributed by atoms with Gasteiger partial charge in [-0.25, -0.2) is 4.98 Å². The van der Waals surface area contributed by atoms with Gasteiger partial charge in [0.25, 0.3) is 0 Å². The number of piperidine rings is 2. The Bertz CT molecular complexity index is 387. The van der Waals surface area contributed by atoms with Crippen molar-refractivity contribution in [1.82, 2.24) is 19.8 Å². The second kappa shape index (κ2) is 5.41. The van der Waals surface area contributed by atoms with E-state index in [1.54, 1.807) is 0 Å². The Balaban J connectivity index is 1.50. The fourth-order valence-electron chi connectivity index (χ4n) is 3.42. The van der Waals surface area contributed by atoms with Crippen LogP contribution in [0.5, 0.6) is 0 Å². The molecule has 2 atom stereocenters. The molecule has 4 nitrogen and oxygen atoms in total. The molecule has 100 valence electrons. The van der Waals surface area contributed by atoms with Crippen LogP contribution in [0, 0.1) is 5.92 Å². The minimum absolute atomic E-state index is 0.795. The van der Waals surface area contributed by atoms with Crippen molar-refractivity contribution in [1.29, 1.82) is 0 Å². The van der Waals surface area contributed by atoms with E-state index in [1.807, 2.05) is 12.4 Å². The predicted octanol–water partition coefficient (Wildman–Crippen LogP) is 1.04. The molecule has 0 radical (unpaired) electrons. The van der Waals surface area contributed by atoms with Crippen molar-refractivity contribution in [2.45, 2.75) is 31.7 Å². The summed E-state index contributed by atoms with van der Waals surface area (Å²) < 4.78 is 2.13. The van der Waals surface area contributed by atoms with Gasteiger partial charge in [0.2, 0.25) is 0 Å². The lowest BCUT2D eigenvalue weighted by Gasteiger charge is -2.41. The first-order chi connectivity index (χ1) is 8.83. The lowest BCUT2D eigenvalue weighted by Crippen LogP contribution is -2.52. The molecule has 0 saturated carbocycles. The van der Waals surface area contributed by atoms with Gasteiger partial charge in [-0.15, -0.1) is 0 Å². The van der Waals surface area contributed by atoms with Crippen molar-refractivity contribution < 1.29 is 0 Å². The van der Waals surface area contributed by atoms with Crippen molar-refractivity contribution >= 4 is 0 Å². The highest BCUT2D eigenvalue weighted by atomic mass is 15.2. The van der Waals surface area contributed by atoms with Crippen LogP contribution >= 0.6 is 0 Å². The highest BCUT2D eigenvalue weighted by Gasteiger charge is 2.30. The number of rotatable bonds is 3. The first-order valence-electron chi connectivity index (χ1n) is 7.25. The van der Waals surface area contributed by atoms with Crippen molar-refractivity contribution in [3.05, 3.63) is 18.2 Å². The number of aryl methyl sites for hydroxylation is 1. The van der Waals surface area contributed by atoms with Gasteiger partial charge in [0.1, 0.15) is 5.82 Å². The first-order valence-corrected chi connectivity index (χ1v) is 7.25. The smallest absolute Gasteiger partial charge is 0.109 e. The monoisotopic (exact) mass is 248 g/mol. The van der Waals surface area contributed by atoms with Crippen LogP contribution in [0.25, 0.3) is 0 Å². The lowest BCUT2D eigenvalue weighted by atomic mass is 9.85. The van der Waals surface area contributed by atoms with Crippen LogP contribution < -0.4 is 5.32 Å². The molecule has 4 heteroatoms. The summed E-state index contributed by atoms with van der Waals surface area (Å²) in [5.41, 5.74) is 0. The number of likely N-dealkylation sites (tertiary alicyclic amines) is 1. The molecule has 2 saturated heterocycles. The van der Waals surface area contributed by atoms with E-state index in [9.17, 15) is 0 Å². The van der Waals surface area contributed by atoms with Gasteiger partial charge in [0.15, 0.2) is 0 Å². The van der Waals surface area contributed by atoms with Crippen LogP contribution in [0.3, 0.4) is 0 Å². The number of nitrogens with zero attached hydrogens (tertiary/aromatic N) is 3. The topological polar surface area (TPSA) is 33.1 Å². The average Bonchev–Trinajstić information content (AvgIpc) is 2.82. The van der Waals surface area contributed by atoms with Gasteiger partial charge in [-0.05, 0) is 38.3 Å². The molecule has 1 aromatic heterocycles. The maximum absolute atomic E-state index is 4.41. The van der Waals surface area contributed by atoms with E-state index in [-0.39, 0.29) is 0 Å². The maximum Gasteiger partial charge on any atom is 0.109 e. The van der Waals surface area contributed by atoms with Crippen molar-refractivity contribution in [3.63, 3.8) is 0 Å². The molecule has 2 aliphatic heterocycles. The Morgan fingerprint density at radius 2 is 2.39 bits per heavy atom. The molecule has 3 heterocycles. The third kappa shape index (κ3) is 2.59. The average molecular weight is 248 g/mol. The standard InChI is InChI=1S/C14H24N4/c1-17-10-7-16-14(17)5-9-18-8-4-13-12(11-18)3-2-6-15-13/h7,10,12-13,15H,2-6,8-9,11H2,1H3. The van der Waals surface area contributed by atoms with E-state index in [0.29, 0.717) is 0 Å². The van der Waals surface area contributed by atoms with Crippen LogP contribution in [0.1, 0.15) is 25.1 Å². The Hall–Kier alpha value is -0.870. The number of aromatic nitrogens is 2. The van der Waals surface area contributed by atoms with Crippen LogP contribution in [0.15, 0.2) is 12.4 Å². The number of hydrogen-bond acceptors (Lipinski definition) is 3. The van der Waals surface area contributed by atoms with Gasteiger partial charge in [0, 0.05) is 45.0 Å². The van der Waals surface area contributed by atoms with Gasteiger partial charge in [0.05, 0.1) is 0 Å². The molecule has 0 aromatic carbocycles. The maximum atomic E-state index is 4.41. The van der Waals surface area contributed by atoms with E-state index in [0.717, 1.165) is 24.9 Å². The summed E-state index contributed by atoms with van der Waals surface area (Å²) in [6.45, 7) is 4.92. The second-order valence-corrected chi connectivity index (χ2v) is 5.76. The van der Waals surface area contributed by atoms with E-state index >= 15 is 0 Å². The Kier molecular flexibility index (Phi) is 3.66. The van der Waals surface area contributed by atoms with Crippen molar-refractivity contribution in [2.75, 3.05) is 26.2 Å². The molecule has 0 bridgehead atoms. The molecule has 0 aliphatic carbocycles. The summed E-state index contributed by atoms with van der Waals surface area (Å²) in [6.07, 6.45) is 9.10. The summed E-state index contributed by atoms with van der Waals surface area (Å²) in [5, 5.41) is 3.68. The number of nitrogens with one attached hydrogen (secondary N) is 1. The highest BCUT2D eigenvalue weighted by Crippen LogP contribution is 2.24. The second-order valence-electron chi connectivity index (χ2n) is 5.76. The Morgan fingerprint density at radius 3 is 3.22 bits per heavy atom. The number of imidazole rings is 1. The molecule has 1 N–H and O–H groups in total. The van der Waals surface area contributed by atoms with Crippen LogP contribution in [0.4, 0.5) is 0 Å². The van der Waals surface area contributed by atoms with Gasteiger partial charge < -0.3 is 14.8 Å². The van der Waals surface area contributed by atoms with Crippen molar-refractivity contribution in [2.24, 2.45) is 13.0 Å². The first kappa shape index (κ1) is 12.2. The number of hydrogen-bond donors (Lipinski definition) is 1. The molecule has 2 fully saturated rings. The van der Waals surface area contributed by atoms with E-state index in [4.69, 9.17) is 0 Å². The quantitative estimate of drug-likeness (QED) is 0.867. The zero-order chi connectivity index (χ0) is 12.4. The fourth-order valence-corrected chi connectivity index (χ4v) is 3.42. The molecular weight excluding hydrogens is 224 g/mol. The zero-order valence-corrected chi connectivity index (χ0v) is 11.3. The summed E-state index contributed by atoms with van der Waals surface area (Å²) in [5.74, 6) is 2.09. The van der Waals surface area contributed by atoms with Crippen LogP contribution in [-0.2, 0) is 13.5 Å². The fraction of sp³-hybridized carbons (Fsp3) is 0.786. The third-order valence-corrected chi connectivity index (χ3v) is 4.55. The summed E-state index contributed by atoms with van der Waals surface area (Å²) >= 11 is 0. The van der Waals surface area contributed by atoms with Crippen LogP contribution in [-0.4, -0.2) is 46.7 Å². The zero-order valence-electron chi connectivity index (χ0n) is 11.3. The predicted molar refractivity (Wildman–Crippen MR) is 72.5 cm³/mol. The van der Waals surface area contributed by atoms with Gasteiger partial charge >= 0.3 is 0 Å².